The van der Waals surface area contributed by atoms with Gasteiger partial charge in [-0.2, -0.15) is 0 Å². The molecule has 14 heavy (non-hydrogen) atoms. The van der Waals surface area contributed by atoms with Crippen molar-refractivity contribution >= 4 is 16.1 Å². The van der Waals surface area contributed by atoms with E-state index in [2.05, 4.69) is 5.32 Å². The molecule has 2 amide bonds. The van der Waals surface area contributed by atoms with Gasteiger partial charge in [0.05, 0.1) is 5.25 Å². The quantitative estimate of drug-likeness (QED) is 0.730. The van der Waals surface area contributed by atoms with Gasteiger partial charge in [-0.25, -0.2) is 17.9 Å². The van der Waals surface area contributed by atoms with E-state index in [1.807, 2.05) is 4.72 Å². The monoisotopic (exact) mass is 220 g/mol. The molecule has 82 valence electrons. The average molecular weight is 220 g/mol. The van der Waals surface area contributed by atoms with Gasteiger partial charge in [0.15, 0.2) is 0 Å². The SMILES string of the molecule is CCNC(=O)NS(=O)(=O)C1CCCC1. The Kier molecular flexibility index (Phi) is 3.74. The molecule has 0 spiro atoms. The lowest BCUT2D eigenvalue weighted by molar-refractivity contribution is 0.246. The van der Waals surface area contributed by atoms with Gasteiger partial charge in [-0.3, -0.25) is 0 Å². The highest BCUT2D eigenvalue weighted by Crippen LogP contribution is 2.23. The molecule has 5 nitrogen and oxygen atoms in total. The first-order valence-corrected chi connectivity index (χ1v) is 6.40. The zero-order chi connectivity index (χ0) is 10.6. The van der Waals surface area contributed by atoms with Crippen molar-refractivity contribution < 1.29 is 13.2 Å². The van der Waals surface area contributed by atoms with E-state index < -0.39 is 16.1 Å². The number of sulfonamides is 1. The zero-order valence-corrected chi connectivity index (χ0v) is 9.06. The van der Waals surface area contributed by atoms with E-state index >= 15 is 0 Å². The minimum atomic E-state index is -3.44. The summed E-state index contributed by atoms with van der Waals surface area (Å²) >= 11 is 0. The normalized spacial score (nSPS) is 18.1. The molecule has 0 bridgehead atoms. The second-order valence-electron chi connectivity index (χ2n) is 3.41. The Hall–Kier alpha value is -0.780. The van der Waals surface area contributed by atoms with Gasteiger partial charge in [-0.05, 0) is 19.8 Å². The lowest BCUT2D eigenvalue weighted by Crippen LogP contribution is -2.43. The number of nitrogens with one attached hydrogen (secondary N) is 2. The van der Waals surface area contributed by atoms with Crippen LogP contribution in [0.5, 0.6) is 0 Å². The molecule has 1 aliphatic rings. The fourth-order valence-electron chi connectivity index (χ4n) is 1.61. The van der Waals surface area contributed by atoms with Gasteiger partial charge in [0.2, 0.25) is 10.0 Å². The van der Waals surface area contributed by atoms with Gasteiger partial charge in [0.25, 0.3) is 0 Å². The smallest absolute Gasteiger partial charge is 0.328 e. The minimum Gasteiger partial charge on any atom is -0.338 e. The summed E-state index contributed by atoms with van der Waals surface area (Å²) in [4.78, 5) is 11.0. The first-order valence-electron chi connectivity index (χ1n) is 4.85. The van der Waals surface area contributed by atoms with Gasteiger partial charge < -0.3 is 5.32 Å². The summed E-state index contributed by atoms with van der Waals surface area (Å²) in [5, 5.41) is 2.01. The largest absolute Gasteiger partial charge is 0.338 e. The van der Waals surface area contributed by atoms with Crippen molar-refractivity contribution in [3.05, 3.63) is 0 Å². The summed E-state index contributed by atoms with van der Waals surface area (Å²) in [6, 6.07) is -0.626. The van der Waals surface area contributed by atoms with Crippen molar-refractivity contribution in [2.24, 2.45) is 0 Å². The highest BCUT2D eigenvalue weighted by molar-refractivity contribution is 7.90. The van der Waals surface area contributed by atoms with Crippen molar-refractivity contribution in [3.8, 4) is 0 Å². The van der Waals surface area contributed by atoms with Crippen molar-refractivity contribution in [1.82, 2.24) is 10.0 Å². The lowest BCUT2D eigenvalue weighted by atomic mass is 10.4. The molecule has 0 saturated heterocycles. The maximum absolute atomic E-state index is 11.5. The Labute approximate surface area is 84.3 Å². The molecule has 0 radical (unpaired) electrons. The molecule has 1 rings (SSSR count). The maximum Gasteiger partial charge on any atom is 0.328 e. The average Bonchev–Trinajstić information content (AvgIpc) is 2.54. The van der Waals surface area contributed by atoms with Crippen LogP contribution in [0.25, 0.3) is 0 Å². The second-order valence-corrected chi connectivity index (χ2v) is 5.37. The van der Waals surface area contributed by atoms with E-state index in [0.29, 0.717) is 19.4 Å². The predicted octanol–water partition coefficient (Wildman–Crippen LogP) is 0.578. The van der Waals surface area contributed by atoms with Gasteiger partial charge in [0.1, 0.15) is 0 Å². The van der Waals surface area contributed by atoms with E-state index in [9.17, 15) is 13.2 Å². The van der Waals surface area contributed by atoms with E-state index in [0.717, 1.165) is 12.8 Å². The topological polar surface area (TPSA) is 75.3 Å². The summed E-state index contributed by atoms with van der Waals surface area (Å²) < 4.78 is 25.1. The van der Waals surface area contributed by atoms with Gasteiger partial charge in [-0.1, -0.05) is 12.8 Å². The highest BCUT2D eigenvalue weighted by Gasteiger charge is 2.29. The van der Waals surface area contributed by atoms with Crippen LogP contribution in [0.1, 0.15) is 32.6 Å². The van der Waals surface area contributed by atoms with Crippen LogP contribution >= 0.6 is 0 Å². The summed E-state index contributed by atoms with van der Waals surface area (Å²) in [6.45, 7) is 2.16. The Balaban J connectivity index is 2.52. The van der Waals surface area contributed by atoms with Crippen molar-refractivity contribution in [1.29, 1.82) is 0 Å². The number of carbonyl (C=O) groups excluding carboxylic acids is 1. The van der Waals surface area contributed by atoms with Gasteiger partial charge >= 0.3 is 6.03 Å². The first-order chi connectivity index (χ1) is 6.56. The van der Waals surface area contributed by atoms with Crippen molar-refractivity contribution in [2.75, 3.05) is 6.54 Å². The van der Waals surface area contributed by atoms with Crippen LogP contribution < -0.4 is 10.0 Å². The molecule has 0 atom stereocenters. The van der Waals surface area contributed by atoms with Gasteiger partial charge in [0, 0.05) is 6.54 Å². The fourth-order valence-corrected chi connectivity index (χ4v) is 3.06. The second kappa shape index (κ2) is 4.63. The molecule has 0 aromatic rings. The van der Waals surface area contributed by atoms with Crippen LogP contribution in [0.4, 0.5) is 4.79 Å². The minimum absolute atomic E-state index is 0.384. The maximum atomic E-state index is 11.5. The fraction of sp³-hybridized carbons (Fsp3) is 0.875. The molecule has 0 aromatic carbocycles. The molecule has 0 aromatic heterocycles. The van der Waals surface area contributed by atoms with Crippen LogP contribution in [-0.2, 0) is 10.0 Å². The third-order valence-corrected chi connectivity index (χ3v) is 4.13. The van der Waals surface area contributed by atoms with Crippen LogP contribution in [-0.4, -0.2) is 26.2 Å². The molecule has 2 N–H and O–H groups in total. The van der Waals surface area contributed by atoms with Gasteiger partial charge in [-0.15, -0.1) is 0 Å². The number of urea groups is 1. The Morgan fingerprint density at radius 1 is 1.36 bits per heavy atom. The lowest BCUT2D eigenvalue weighted by Gasteiger charge is -2.12. The first kappa shape index (κ1) is 11.3. The van der Waals surface area contributed by atoms with Crippen LogP contribution in [0, 0.1) is 0 Å². The number of rotatable bonds is 3. The summed E-state index contributed by atoms with van der Waals surface area (Å²) in [5.74, 6) is 0. The number of hydrogen-bond acceptors (Lipinski definition) is 3. The number of amides is 2. The third-order valence-electron chi connectivity index (χ3n) is 2.31. The Bertz CT molecular complexity index is 294. The molecule has 1 fully saturated rings. The molecule has 1 saturated carbocycles. The molecule has 1 aliphatic carbocycles. The number of carbonyl (C=O) groups is 1. The molecule has 0 heterocycles. The van der Waals surface area contributed by atoms with E-state index in [4.69, 9.17) is 0 Å². The van der Waals surface area contributed by atoms with Crippen LogP contribution in [0.2, 0.25) is 0 Å². The van der Waals surface area contributed by atoms with E-state index in [1.165, 1.54) is 0 Å². The molecule has 0 unspecified atom stereocenters. The Morgan fingerprint density at radius 2 is 1.93 bits per heavy atom. The molecule has 6 heteroatoms. The summed E-state index contributed by atoms with van der Waals surface area (Å²) in [5.41, 5.74) is 0. The van der Waals surface area contributed by atoms with E-state index in [1.54, 1.807) is 6.92 Å². The Morgan fingerprint density at radius 3 is 2.43 bits per heavy atom. The number of hydrogen-bond donors (Lipinski definition) is 2. The van der Waals surface area contributed by atoms with Crippen molar-refractivity contribution in [3.63, 3.8) is 0 Å². The van der Waals surface area contributed by atoms with Crippen LogP contribution in [0.15, 0.2) is 0 Å². The third kappa shape index (κ3) is 2.87. The molecular formula is C8H16N2O3S. The summed E-state index contributed by atoms with van der Waals surface area (Å²) in [6.07, 6.45) is 3.19. The van der Waals surface area contributed by atoms with Crippen molar-refractivity contribution in [2.45, 2.75) is 37.9 Å². The molecule has 0 aliphatic heterocycles. The summed E-state index contributed by atoms with van der Waals surface area (Å²) in [7, 11) is -3.44. The van der Waals surface area contributed by atoms with Crippen LogP contribution in [0.3, 0.4) is 0 Å². The highest BCUT2D eigenvalue weighted by atomic mass is 32.2. The molecular weight excluding hydrogens is 204 g/mol. The zero-order valence-electron chi connectivity index (χ0n) is 8.25. The van der Waals surface area contributed by atoms with E-state index in [-0.39, 0.29) is 5.25 Å². The standard InChI is InChI=1S/C8H16N2O3S/c1-2-9-8(11)10-14(12,13)7-5-3-4-6-7/h7H,2-6H2,1H3,(H2,9,10,11). The predicted molar refractivity (Wildman–Crippen MR) is 53.4 cm³/mol.